The Morgan fingerprint density at radius 1 is 1.18 bits per heavy atom. The van der Waals surface area contributed by atoms with E-state index in [0.717, 1.165) is 12.1 Å². The maximum atomic E-state index is 13.1. The number of hydrogen-bond donors (Lipinski definition) is 1. The number of ether oxygens (including phenoxy) is 1. The van der Waals surface area contributed by atoms with E-state index in [1.54, 1.807) is 48.9 Å². The summed E-state index contributed by atoms with van der Waals surface area (Å²) < 4.78 is 46.2. The molecule has 0 amide bonds. The van der Waals surface area contributed by atoms with Crippen LogP contribution in [0.15, 0.2) is 54.7 Å². The Kier molecular flexibility index (Phi) is 6.47. The molecule has 0 unspecified atom stereocenters. The van der Waals surface area contributed by atoms with Crippen molar-refractivity contribution in [3.63, 3.8) is 0 Å². The molecule has 0 saturated heterocycles. The molecule has 0 spiro atoms. The number of nitrogens with one attached hydrogen (secondary N) is 1. The van der Waals surface area contributed by atoms with Gasteiger partial charge < -0.3 is 10.1 Å². The van der Waals surface area contributed by atoms with Gasteiger partial charge in [0.15, 0.2) is 5.65 Å². The van der Waals surface area contributed by atoms with E-state index in [1.807, 2.05) is 0 Å². The van der Waals surface area contributed by atoms with E-state index < -0.39 is 17.7 Å². The van der Waals surface area contributed by atoms with Crippen LogP contribution in [-0.2, 0) is 17.5 Å². The van der Waals surface area contributed by atoms with Crippen molar-refractivity contribution in [3.8, 4) is 5.69 Å². The van der Waals surface area contributed by atoms with Crippen LogP contribution in [0.4, 0.5) is 18.9 Å². The molecule has 4 rings (SSSR count). The number of benzene rings is 2. The Labute approximate surface area is 198 Å². The van der Waals surface area contributed by atoms with E-state index in [2.05, 4.69) is 15.4 Å². The zero-order valence-corrected chi connectivity index (χ0v) is 19.0. The number of anilines is 1. The third kappa shape index (κ3) is 4.70. The number of pyridine rings is 1. The van der Waals surface area contributed by atoms with Gasteiger partial charge in [-0.25, -0.2) is 14.5 Å². The Morgan fingerprint density at radius 3 is 2.59 bits per heavy atom. The van der Waals surface area contributed by atoms with E-state index in [-0.39, 0.29) is 18.7 Å². The van der Waals surface area contributed by atoms with Gasteiger partial charge in [-0.15, -0.1) is 0 Å². The van der Waals surface area contributed by atoms with Gasteiger partial charge in [-0.2, -0.15) is 18.3 Å². The van der Waals surface area contributed by atoms with Gasteiger partial charge in [0.2, 0.25) is 0 Å². The number of esters is 1. The van der Waals surface area contributed by atoms with Gasteiger partial charge in [-0.05, 0) is 55.8 Å². The molecule has 176 valence electrons. The molecule has 1 N–H and O–H groups in total. The minimum absolute atomic E-state index is 0.0427. The summed E-state index contributed by atoms with van der Waals surface area (Å²) >= 11 is 5.99. The van der Waals surface area contributed by atoms with Gasteiger partial charge in [0.25, 0.3) is 0 Å². The van der Waals surface area contributed by atoms with Crippen molar-refractivity contribution in [1.82, 2.24) is 14.8 Å². The summed E-state index contributed by atoms with van der Waals surface area (Å²) in [4.78, 5) is 17.1. The maximum Gasteiger partial charge on any atom is 0.416 e. The lowest BCUT2D eigenvalue weighted by Gasteiger charge is -2.14. The summed E-state index contributed by atoms with van der Waals surface area (Å²) in [6, 6.07) is 12.0. The first-order chi connectivity index (χ1) is 16.2. The van der Waals surface area contributed by atoms with Crippen LogP contribution >= 0.6 is 11.6 Å². The fourth-order valence-electron chi connectivity index (χ4n) is 3.61. The first-order valence-electron chi connectivity index (χ1n) is 10.4. The quantitative estimate of drug-likeness (QED) is 0.328. The molecule has 34 heavy (non-hydrogen) atoms. The van der Waals surface area contributed by atoms with Crippen LogP contribution < -0.4 is 5.32 Å². The van der Waals surface area contributed by atoms with Crippen molar-refractivity contribution in [3.05, 3.63) is 82.1 Å². The third-order valence-corrected chi connectivity index (χ3v) is 5.41. The number of carbonyl (C=O) groups excluding carboxylic acids is 1. The number of fused-ring (bicyclic) bond motifs is 1. The average Bonchev–Trinajstić information content (AvgIpc) is 3.14. The summed E-state index contributed by atoms with van der Waals surface area (Å²) in [5.74, 6) is -0.595. The molecule has 0 fully saturated rings. The van der Waals surface area contributed by atoms with Crippen molar-refractivity contribution in [1.29, 1.82) is 0 Å². The molecular formula is C24H20ClF3N4O2. The number of halogens is 4. The topological polar surface area (TPSA) is 69.0 Å². The van der Waals surface area contributed by atoms with E-state index in [1.165, 1.54) is 12.3 Å². The number of nitrogens with zero attached hydrogens (tertiary/aromatic N) is 3. The second kappa shape index (κ2) is 9.34. The molecule has 0 aliphatic rings. The second-order valence-corrected chi connectivity index (χ2v) is 7.93. The Bertz CT molecular complexity index is 1350. The molecule has 0 saturated carbocycles. The molecule has 2 heterocycles. The Morgan fingerprint density at radius 2 is 1.91 bits per heavy atom. The smallest absolute Gasteiger partial charge is 0.416 e. The van der Waals surface area contributed by atoms with Gasteiger partial charge >= 0.3 is 12.1 Å². The van der Waals surface area contributed by atoms with Crippen molar-refractivity contribution >= 4 is 34.3 Å². The molecule has 0 atom stereocenters. The number of hydrogen-bond acceptors (Lipinski definition) is 5. The third-order valence-electron chi connectivity index (χ3n) is 5.16. The molecular weight excluding hydrogens is 469 g/mol. The predicted octanol–water partition coefficient (Wildman–Crippen LogP) is 6.19. The Hall–Kier alpha value is -3.59. The summed E-state index contributed by atoms with van der Waals surface area (Å²) in [6.45, 7) is 3.65. The molecule has 0 aliphatic carbocycles. The zero-order valence-electron chi connectivity index (χ0n) is 18.3. The highest BCUT2D eigenvalue weighted by Crippen LogP contribution is 2.33. The lowest BCUT2D eigenvalue weighted by Crippen LogP contribution is -2.12. The molecule has 6 nitrogen and oxygen atoms in total. The average molecular weight is 489 g/mol. The minimum Gasteiger partial charge on any atom is -0.462 e. The van der Waals surface area contributed by atoms with Crippen molar-refractivity contribution in [2.45, 2.75) is 26.6 Å². The maximum absolute atomic E-state index is 13.1. The van der Waals surface area contributed by atoms with Crippen molar-refractivity contribution in [2.75, 3.05) is 11.9 Å². The monoisotopic (exact) mass is 488 g/mol. The second-order valence-electron chi connectivity index (χ2n) is 7.49. The fourth-order valence-corrected chi connectivity index (χ4v) is 3.74. The molecule has 2 aromatic heterocycles. The molecule has 4 aromatic rings. The number of aromatic nitrogens is 3. The summed E-state index contributed by atoms with van der Waals surface area (Å²) in [6.07, 6.45) is -3.07. The first-order valence-corrected chi connectivity index (χ1v) is 10.8. The molecule has 10 heteroatoms. The molecule has 0 aliphatic heterocycles. The predicted molar refractivity (Wildman–Crippen MR) is 123 cm³/mol. The van der Waals surface area contributed by atoms with Crippen LogP contribution in [0.5, 0.6) is 0 Å². The molecule has 0 bridgehead atoms. The Balaban J connectivity index is 1.80. The van der Waals surface area contributed by atoms with Crippen molar-refractivity contribution < 1.29 is 22.7 Å². The van der Waals surface area contributed by atoms with Crippen molar-refractivity contribution in [2.24, 2.45) is 0 Å². The highest BCUT2D eigenvalue weighted by molar-refractivity contribution is 6.30. The summed E-state index contributed by atoms with van der Waals surface area (Å²) in [5.41, 5.74) is 1.97. The van der Waals surface area contributed by atoms with Gasteiger partial charge in [0.05, 0.1) is 34.6 Å². The van der Waals surface area contributed by atoms with Gasteiger partial charge in [0, 0.05) is 17.8 Å². The lowest BCUT2D eigenvalue weighted by atomic mass is 10.1. The van der Waals surface area contributed by atoms with Gasteiger partial charge in [-0.1, -0.05) is 23.7 Å². The van der Waals surface area contributed by atoms with Gasteiger partial charge in [-0.3, -0.25) is 0 Å². The fraction of sp³-hybridized carbons (Fsp3) is 0.208. The van der Waals surface area contributed by atoms with E-state index in [4.69, 9.17) is 16.3 Å². The van der Waals surface area contributed by atoms with E-state index in [9.17, 15) is 18.0 Å². The van der Waals surface area contributed by atoms with Crippen LogP contribution in [-0.4, -0.2) is 27.3 Å². The van der Waals surface area contributed by atoms with Crippen LogP contribution in [0, 0.1) is 6.92 Å². The van der Waals surface area contributed by atoms with Gasteiger partial charge in [0.1, 0.15) is 5.56 Å². The SMILES string of the molecule is CCOC(=O)c1cnc2c(c(C)nn2-c2ccc(Cl)cc2)c1NCc1cccc(C(F)(F)F)c1. The van der Waals surface area contributed by atoms with Crippen LogP contribution in [0.1, 0.15) is 34.1 Å². The normalized spacial score (nSPS) is 11.6. The number of carbonyl (C=O) groups is 1. The summed E-state index contributed by atoms with van der Waals surface area (Å²) in [5, 5.41) is 8.82. The highest BCUT2D eigenvalue weighted by Gasteiger charge is 2.30. The van der Waals surface area contributed by atoms with Crippen LogP contribution in [0.3, 0.4) is 0 Å². The number of aryl methyl sites for hydroxylation is 1. The first kappa shape index (κ1) is 23.6. The van der Waals surface area contributed by atoms with Crippen LogP contribution in [0.2, 0.25) is 5.02 Å². The standard InChI is InChI=1S/C24H20ClF3N4O2/c1-3-34-23(33)19-13-30-22-20(14(2)31-32(22)18-9-7-17(25)8-10-18)21(19)29-12-15-5-4-6-16(11-15)24(26,27)28/h4-11,13H,3,12H2,1-2H3,(H,29,30). The highest BCUT2D eigenvalue weighted by atomic mass is 35.5. The number of alkyl halides is 3. The van der Waals surface area contributed by atoms with Crippen LogP contribution in [0.25, 0.3) is 16.7 Å². The molecule has 2 aromatic carbocycles. The zero-order chi connectivity index (χ0) is 24.5. The summed E-state index contributed by atoms with van der Waals surface area (Å²) in [7, 11) is 0. The molecule has 0 radical (unpaired) electrons. The largest absolute Gasteiger partial charge is 0.462 e. The lowest BCUT2D eigenvalue weighted by molar-refractivity contribution is -0.137. The van der Waals surface area contributed by atoms with E-state index >= 15 is 0 Å². The minimum atomic E-state index is -4.45. The number of rotatable bonds is 6. The van der Waals surface area contributed by atoms with E-state index in [0.29, 0.717) is 38.7 Å².